The first-order valence-corrected chi connectivity index (χ1v) is 7.05. The number of hydrogen-bond donors (Lipinski definition) is 2. The van der Waals surface area contributed by atoms with Crippen LogP contribution in [-0.4, -0.2) is 21.2 Å². The molecule has 0 aromatic heterocycles. The Morgan fingerprint density at radius 1 is 1.00 bits per heavy atom. The van der Waals surface area contributed by atoms with Crippen LogP contribution in [-0.2, 0) is 4.79 Å². The van der Waals surface area contributed by atoms with E-state index >= 15 is 0 Å². The number of carbonyl (C=O) groups excluding carboxylic acids is 1. The van der Waals surface area contributed by atoms with Crippen molar-refractivity contribution < 1.29 is 15.0 Å². The third kappa shape index (κ3) is 2.83. The minimum absolute atomic E-state index is 0.191. The molecular weight excluding hydrogens is 286 g/mol. The molecule has 4 nitrogen and oxygen atoms in total. The molecule has 0 bridgehead atoms. The molecule has 0 aliphatic carbocycles. The SMILES string of the molecule is O=C1N=C(c2ccccc2)S/C1=C\c1ccc(O)c(O)c1. The molecule has 1 amide bonds. The van der Waals surface area contributed by atoms with Crippen molar-refractivity contribution in [2.45, 2.75) is 0 Å². The monoisotopic (exact) mass is 297 g/mol. The molecule has 3 rings (SSSR count). The number of aromatic hydroxyl groups is 2. The van der Waals surface area contributed by atoms with Gasteiger partial charge in [0.25, 0.3) is 5.91 Å². The lowest BCUT2D eigenvalue weighted by Gasteiger charge is -2.00. The third-order valence-electron chi connectivity index (χ3n) is 2.94. The number of amides is 1. The number of benzene rings is 2. The average Bonchev–Trinajstić information content (AvgIpc) is 2.85. The maximum absolute atomic E-state index is 11.9. The van der Waals surface area contributed by atoms with Crippen LogP contribution in [0.25, 0.3) is 6.08 Å². The number of thioether (sulfide) groups is 1. The van der Waals surface area contributed by atoms with Crippen molar-refractivity contribution >= 4 is 28.8 Å². The minimum Gasteiger partial charge on any atom is -0.504 e. The van der Waals surface area contributed by atoms with Crippen LogP contribution >= 0.6 is 11.8 Å². The Kier molecular flexibility index (Phi) is 3.50. The summed E-state index contributed by atoms with van der Waals surface area (Å²) in [6.45, 7) is 0. The number of hydrogen-bond acceptors (Lipinski definition) is 4. The van der Waals surface area contributed by atoms with Crippen LogP contribution in [0.2, 0.25) is 0 Å². The number of phenolic OH excluding ortho intramolecular Hbond substituents is 2. The van der Waals surface area contributed by atoms with Gasteiger partial charge in [0.05, 0.1) is 4.91 Å². The Morgan fingerprint density at radius 2 is 1.76 bits per heavy atom. The Morgan fingerprint density at radius 3 is 2.48 bits per heavy atom. The minimum atomic E-state index is -0.300. The number of carbonyl (C=O) groups is 1. The Hall–Kier alpha value is -2.53. The first-order chi connectivity index (χ1) is 10.1. The summed E-state index contributed by atoms with van der Waals surface area (Å²) in [5.74, 6) is -0.709. The Bertz CT molecular complexity index is 766. The second kappa shape index (κ2) is 5.46. The predicted molar refractivity (Wildman–Crippen MR) is 83.3 cm³/mol. The predicted octanol–water partition coefficient (Wildman–Crippen LogP) is 3.16. The van der Waals surface area contributed by atoms with Gasteiger partial charge in [-0.15, -0.1) is 0 Å². The zero-order chi connectivity index (χ0) is 14.8. The largest absolute Gasteiger partial charge is 0.504 e. The average molecular weight is 297 g/mol. The maximum Gasteiger partial charge on any atom is 0.284 e. The van der Waals surface area contributed by atoms with Gasteiger partial charge in [-0.05, 0) is 23.8 Å². The lowest BCUT2D eigenvalue weighted by Crippen LogP contribution is -1.89. The van der Waals surface area contributed by atoms with Gasteiger partial charge in [0.15, 0.2) is 11.5 Å². The molecule has 2 N–H and O–H groups in total. The highest BCUT2D eigenvalue weighted by molar-refractivity contribution is 8.19. The fourth-order valence-electron chi connectivity index (χ4n) is 1.89. The van der Waals surface area contributed by atoms with Crippen molar-refractivity contribution in [1.29, 1.82) is 0 Å². The highest BCUT2D eigenvalue weighted by Gasteiger charge is 2.22. The summed E-state index contributed by atoms with van der Waals surface area (Å²) in [6, 6.07) is 13.9. The molecule has 0 atom stereocenters. The maximum atomic E-state index is 11.9. The van der Waals surface area contributed by atoms with E-state index in [1.54, 1.807) is 12.1 Å². The molecule has 1 aliphatic heterocycles. The van der Waals surface area contributed by atoms with E-state index in [4.69, 9.17) is 0 Å². The highest BCUT2D eigenvalue weighted by atomic mass is 32.2. The van der Waals surface area contributed by atoms with Crippen LogP contribution in [0, 0.1) is 0 Å². The molecule has 1 aliphatic rings. The van der Waals surface area contributed by atoms with Crippen molar-refractivity contribution in [3.63, 3.8) is 0 Å². The van der Waals surface area contributed by atoms with Crippen molar-refractivity contribution in [2.24, 2.45) is 4.99 Å². The molecule has 0 fully saturated rings. The zero-order valence-corrected chi connectivity index (χ0v) is 11.7. The normalized spacial score (nSPS) is 16.3. The van der Waals surface area contributed by atoms with Crippen LogP contribution in [0.1, 0.15) is 11.1 Å². The summed E-state index contributed by atoms with van der Waals surface area (Å²) in [4.78, 5) is 16.4. The molecule has 21 heavy (non-hydrogen) atoms. The zero-order valence-electron chi connectivity index (χ0n) is 10.9. The molecule has 5 heteroatoms. The van der Waals surface area contributed by atoms with Crippen molar-refractivity contribution in [3.8, 4) is 11.5 Å². The van der Waals surface area contributed by atoms with Crippen LogP contribution in [0.4, 0.5) is 0 Å². The van der Waals surface area contributed by atoms with Crippen LogP contribution < -0.4 is 0 Å². The summed E-state index contributed by atoms with van der Waals surface area (Å²) in [6.07, 6.45) is 1.64. The molecule has 0 spiro atoms. The van der Waals surface area contributed by atoms with Gasteiger partial charge < -0.3 is 10.2 Å². The van der Waals surface area contributed by atoms with Gasteiger partial charge in [0.2, 0.25) is 0 Å². The Balaban J connectivity index is 1.87. The molecule has 1 heterocycles. The molecule has 0 radical (unpaired) electrons. The molecule has 2 aromatic carbocycles. The van der Waals surface area contributed by atoms with Crippen LogP contribution in [0.3, 0.4) is 0 Å². The van der Waals surface area contributed by atoms with E-state index in [0.717, 1.165) is 5.56 Å². The quantitative estimate of drug-likeness (QED) is 0.660. The fourth-order valence-corrected chi connectivity index (χ4v) is 2.81. The molecule has 0 saturated heterocycles. The van der Waals surface area contributed by atoms with Gasteiger partial charge in [-0.1, -0.05) is 48.2 Å². The van der Waals surface area contributed by atoms with E-state index in [-0.39, 0.29) is 17.4 Å². The molecule has 104 valence electrons. The standard InChI is InChI=1S/C16H11NO3S/c18-12-7-6-10(8-13(12)19)9-14-15(20)17-16(21-14)11-4-2-1-3-5-11/h1-9,18-19H/b14-9-. The Labute approximate surface area is 125 Å². The molecular formula is C16H11NO3S. The van der Waals surface area contributed by atoms with Crippen molar-refractivity contribution in [3.05, 3.63) is 64.6 Å². The van der Waals surface area contributed by atoms with E-state index in [2.05, 4.69) is 4.99 Å². The van der Waals surface area contributed by atoms with E-state index in [0.29, 0.717) is 15.5 Å². The van der Waals surface area contributed by atoms with Crippen molar-refractivity contribution in [2.75, 3.05) is 0 Å². The van der Waals surface area contributed by atoms with Crippen LogP contribution in [0.15, 0.2) is 58.4 Å². The van der Waals surface area contributed by atoms with E-state index in [9.17, 15) is 15.0 Å². The number of aliphatic imine (C=N–C) groups is 1. The van der Waals surface area contributed by atoms with Gasteiger partial charge in [0, 0.05) is 5.56 Å². The summed E-state index contributed by atoms with van der Waals surface area (Å²) >= 11 is 1.29. The molecule has 0 unspecified atom stereocenters. The number of nitrogens with zero attached hydrogens (tertiary/aromatic N) is 1. The van der Waals surface area contributed by atoms with Gasteiger partial charge in [-0.25, -0.2) is 4.99 Å². The van der Waals surface area contributed by atoms with Gasteiger partial charge >= 0.3 is 0 Å². The lowest BCUT2D eigenvalue weighted by atomic mass is 10.2. The smallest absolute Gasteiger partial charge is 0.284 e. The number of phenols is 2. The van der Waals surface area contributed by atoms with Gasteiger partial charge in [-0.3, -0.25) is 4.79 Å². The third-order valence-corrected chi connectivity index (χ3v) is 3.97. The second-order valence-corrected chi connectivity index (χ2v) is 5.48. The van der Waals surface area contributed by atoms with E-state index in [1.165, 1.54) is 23.9 Å². The topological polar surface area (TPSA) is 69.9 Å². The van der Waals surface area contributed by atoms with Crippen LogP contribution in [0.5, 0.6) is 11.5 Å². The summed E-state index contributed by atoms with van der Waals surface area (Å²) in [5, 5.41) is 19.4. The fraction of sp³-hybridized carbons (Fsp3) is 0. The highest BCUT2D eigenvalue weighted by Crippen LogP contribution is 2.33. The lowest BCUT2D eigenvalue weighted by molar-refractivity contribution is -0.113. The van der Waals surface area contributed by atoms with Crippen molar-refractivity contribution in [1.82, 2.24) is 0 Å². The van der Waals surface area contributed by atoms with E-state index < -0.39 is 0 Å². The summed E-state index contributed by atoms with van der Waals surface area (Å²) < 4.78 is 0. The first kappa shape index (κ1) is 13.5. The first-order valence-electron chi connectivity index (χ1n) is 6.23. The number of rotatable bonds is 2. The van der Waals surface area contributed by atoms with Gasteiger partial charge in [0.1, 0.15) is 5.04 Å². The molecule has 2 aromatic rings. The van der Waals surface area contributed by atoms with Gasteiger partial charge in [-0.2, -0.15) is 0 Å². The van der Waals surface area contributed by atoms with E-state index in [1.807, 2.05) is 30.3 Å². The summed E-state index contributed by atoms with van der Waals surface area (Å²) in [5.41, 5.74) is 1.53. The second-order valence-electron chi connectivity index (χ2n) is 4.45. The summed E-state index contributed by atoms with van der Waals surface area (Å²) in [7, 11) is 0. The molecule has 0 saturated carbocycles.